The fourth-order valence-electron chi connectivity index (χ4n) is 2.04. The molecule has 0 N–H and O–H groups in total. The summed E-state index contributed by atoms with van der Waals surface area (Å²) in [5, 5.41) is 8.77. The smallest absolute Gasteiger partial charge is 0.363 e. The van der Waals surface area contributed by atoms with Crippen molar-refractivity contribution in [3.8, 4) is 6.07 Å². The first-order valence-corrected chi connectivity index (χ1v) is 6.75. The molecule has 0 spiro atoms. The Balaban J connectivity index is 1.90. The van der Waals surface area contributed by atoms with Crippen LogP contribution in [0.2, 0.25) is 0 Å². The number of aliphatic imine (C=N–C) groups is 1. The van der Waals surface area contributed by atoms with Gasteiger partial charge in [-0.3, -0.25) is 0 Å². The van der Waals surface area contributed by atoms with Crippen molar-refractivity contribution in [3.63, 3.8) is 0 Å². The Morgan fingerprint density at radius 1 is 1.09 bits per heavy atom. The summed E-state index contributed by atoms with van der Waals surface area (Å²) in [7, 11) is 0. The minimum absolute atomic E-state index is 0.250. The highest BCUT2D eigenvalue weighted by Gasteiger charge is 2.23. The molecule has 0 fully saturated rings. The highest BCUT2D eigenvalue weighted by molar-refractivity contribution is 6.12. The maximum atomic E-state index is 11.9. The number of nitrogens with zero attached hydrogens (tertiary/aromatic N) is 2. The van der Waals surface area contributed by atoms with Gasteiger partial charge in [-0.1, -0.05) is 29.8 Å². The minimum atomic E-state index is -0.472. The van der Waals surface area contributed by atoms with E-state index in [2.05, 4.69) is 4.99 Å². The lowest BCUT2D eigenvalue weighted by Gasteiger charge is -1.99. The van der Waals surface area contributed by atoms with Crippen molar-refractivity contribution in [2.45, 2.75) is 6.92 Å². The number of carbonyl (C=O) groups is 1. The van der Waals surface area contributed by atoms with E-state index in [1.165, 1.54) is 0 Å². The Morgan fingerprint density at radius 3 is 2.41 bits per heavy atom. The Hall–Kier alpha value is -3.19. The van der Waals surface area contributed by atoms with Gasteiger partial charge in [-0.05, 0) is 42.8 Å². The standard InChI is InChI=1S/C18H12N2O2/c1-12-2-8-15(9-3-12)17-20-16(18(21)22-17)10-13-4-6-14(11-19)7-5-13/h2-10H,1H3. The van der Waals surface area contributed by atoms with Crippen LogP contribution in [0.1, 0.15) is 22.3 Å². The van der Waals surface area contributed by atoms with E-state index in [1.807, 2.05) is 37.3 Å². The molecule has 0 saturated heterocycles. The highest BCUT2D eigenvalue weighted by atomic mass is 16.6. The number of rotatable bonds is 2. The van der Waals surface area contributed by atoms with Crippen LogP contribution in [0.25, 0.3) is 6.08 Å². The molecule has 4 heteroatoms. The van der Waals surface area contributed by atoms with E-state index in [-0.39, 0.29) is 5.70 Å². The summed E-state index contributed by atoms with van der Waals surface area (Å²) in [5.41, 5.74) is 3.50. The van der Waals surface area contributed by atoms with Crippen LogP contribution in [0.3, 0.4) is 0 Å². The topological polar surface area (TPSA) is 62.5 Å². The van der Waals surface area contributed by atoms with Gasteiger partial charge in [0.15, 0.2) is 5.70 Å². The third-order valence-electron chi connectivity index (χ3n) is 3.26. The first-order valence-electron chi connectivity index (χ1n) is 6.75. The molecule has 0 amide bonds. The second-order valence-electron chi connectivity index (χ2n) is 4.94. The number of cyclic esters (lactones) is 1. The van der Waals surface area contributed by atoms with Crippen molar-refractivity contribution in [2.24, 2.45) is 4.99 Å². The molecule has 2 aromatic rings. The van der Waals surface area contributed by atoms with Gasteiger partial charge in [0.1, 0.15) is 0 Å². The average Bonchev–Trinajstić information content (AvgIpc) is 2.90. The predicted molar refractivity (Wildman–Crippen MR) is 82.9 cm³/mol. The van der Waals surface area contributed by atoms with Crippen LogP contribution in [0, 0.1) is 18.3 Å². The van der Waals surface area contributed by atoms with Crippen molar-refractivity contribution in [3.05, 3.63) is 76.5 Å². The monoisotopic (exact) mass is 288 g/mol. The fraction of sp³-hybridized carbons (Fsp3) is 0.0556. The van der Waals surface area contributed by atoms with Crippen molar-refractivity contribution in [1.29, 1.82) is 5.26 Å². The third-order valence-corrected chi connectivity index (χ3v) is 3.26. The molecule has 106 valence electrons. The maximum absolute atomic E-state index is 11.9. The largest absolute Gasteiger partial charge is 0.402 e. The minimum Gasteiger partial charge on any atom is -0.402 e. The van der Waals surface area contributed by atoms with E-state index < -0.39 is 5.97 Å². The molecule has 0 saturated carbocycles. The molecule has 0 atom stereocenters. The summed E-state index contributed by atoms with van der Waals surface area (Å²) in [4.78, 5) is 16.1. The molecule has 0 radical (unpaired) electrons. The zero-order valence-electron chi connectivity index (χ0n) is 11.9. The van der Waals surface area contributed by atoms with E-state index in [0.717, 1.165) is 16.7 Å². The first kappa shape index (κ1) is 13.8. The molecule has 3 rings (SSSR count). The van der Waals surface area contributed by atoms with Gasteiger partial charge in [-0.15, -0.1) is 0 Å². The molecular weight excluding hydrogens is 276 g/mol. The zero-order chi connectivity index (χ0) is 15.5. The Morgan fingerprint density at radius 2 is 1.77 bits per heavy atom. The van der Waals surface area contributed by atoms with E-state index in [9.17, 15) is 4.79 Å². The lowest BCUT2D eigenvalue weighted by molar-refractivity contribution is -0.129. The van der Waals surface area contributed by atoms with E-state index in [1.54, 1.807) is 30.3 Å². The van der Waals surface area contributed by atoms with Crippen LogP contribution in [0.5, 0.6) is 0 Å². The second-order valence-corrected chi connectivity index (χ2v) is 4.94. The summed E-state index contributed by atoms with van der Waals surface area (Å²) >= 11 is 0. The van der Waals surface area contributed by atoms with Gasteiger partial charge >= 0.3 is 5.97 Å². The number of hydrogen-bond donors (Lipinski definition) is 0. The predicted octanol–water partition coefficient (Wildman–Crippen LogP) is 3.21. The van der Waals surface area contributed by atoms with Crippen molar-refractivity contribution in [1.82, 2.24) is 0 Å². The summed E-state index contributed by atoms with van der Waals surface area (Å²) in [5.74, 6) is -0.162. The van der Waals surface area contributed by atoms with Gasteiger partial charge in [-0.25, -0.2) is 9.79 Å². The van der Waals surface area contributed by atoms with Gasteiger partial charge in [0.2, 0.25) is 5.90 Å². The number of nitriles is 1. The average molecular weight is 288 g/mol. The normalized spacial score (nSPS) is 15.4. The van der Waals surface area contributed by atoms with E-state index in [0.29, 0.717) is 11.5 Å². The molecule has 0 aliphatic carbocycles. The Labute approximate surface area is 128 Å². The van der Waals surface area contributed by atoms with E-state index >= 15 is 0 Å². The number of aryl methyl sites for hydroxylation is 1. The molecule has 0 aromatic heterocycles. The number of benzene rings is 2. The quantitative estimate of drug-likeness (QED) is 0.629. The summed E-state index contributed by atoms with van der Waals surface area (Å²) in [6.07, 6.45) is 1.64. The molecule has 1 heterocycles. The van der Waals surface area contributed by atoms with Crippen LogP contribution in [-0.4, -0.2) is 11.9 Å². The maximum Gasteiger partial charge on any atom is 0.363 e. The van der Waals surface area contributed by atoms with Gasteiger partial charge < -0.3 is 4.74 Å². The second kappa shape index (κ2) is 5.66. The number of carbonyl (C=O) groups excluding carboxylic acids is 1. The van der Waals surface area contributed by atoms with Crippen LogP contribution >= 0.6 is 0 Å². The summed E-state index contributed by atoms with van der Waals surface area (Å²) in [6, 6.07) is 16.6. The summed E-state index contributed by atoms with van der Waals surface area (Å²) in [6.45, 7) is 1.99. The van der Waals surface area contributed by atoms with Gasteiger partial charge in [0.05, 0.1) is 11.6 Å². The van der Waals surface area contributed by atoms with Gasteiger partial charge in [0, 0.05) is 5.56 Å². The van der Waals surface area contributed by atoms with Crippen molar-refractivity contribution >= 4 is 17.9 Å². The van der Waals surface area contributed by atoms with Crippen LogP contribution in [0.15, 0.2) is 59.2 Å². The van der Waals surface area contributed by atoms with Gasteiger partial charge in [-0.2, -0.15) is 5.26 Å². The first-order chi connectivity index (χ1) is 10.7. The number of ether oxygens (including phenoxy) is 1. The lowest BCUT2D eigenvalue weighted by Crippen LogP contribution is -2.05. The SMILES string of the molecule is Cc1ccc(C2=NC(=Cc3ccc(C#N)cc3)C(=O)O2)cc1. The zero-order valence-corrected chi connectivity index (χ0v) is 11.9. The molecule has 1 aliphatic heterocycles. The fourth-order valence-corrected chi connectivity index (χ4v) is 2.04. The highest BCUT2D eigenvalue weighted by Crippen LogP contribution is 2.19. The third kappa shape index (κ3) is 2.79. The molecule has 0 unspecified atom stereocenters. The lowest BCUT2D eigenvalue weighted by atomic mass is 10.1. The molecule has 1 aliphatic rings. The molecule has 22 heavy (non-hydrogen) atoms. The number of hydrogen-bond acceptors (Lipinski definition) is 4. The Kier molecular flexibility index (Phi) is 3.55. The van der Waals surface area contributed by atoms with Crippen molar-refractivity contribution < 1.29 is 9.53 Å². The van der Waals surface area contributed by atoms with Crippen LogP contribution in [-0.2, 0) is 9.53 Å². The Bertz CT molecular complexity index is 823. The molecule has 4 nitrogen and oxygen atoms in total. The van der Waals surface area contributed by atoms with Crippen LogP contribution in [0.4, 0.5) is 0 Å². The van der Waals surface area contributed by atoms with E-state index in [4.69, 9.17) is 10.00 Å². The van der Waals surface area contributed by atoms with Crippen LogP contribution < -0.4 is 0 Å². The molecule has 2 aromatic carbocycles. The number of esters is 1. The molecule has 0 bridgehead atoms. The van der Waals surface area contributed by atoms with Crippen molar-refractivity contribution in [2.75, 3.05) is 0 Å². The summed E-state index contributed by atoms with van der Waals surface area (Å²) < 4.78 is 5.21. The van der Waals surface area contributed by atoms with Gasteiger partial charge in [0.25, 0.3) is 0 Å². The molecular formula is C18H12N2O2.